The molecule has 0 spiro atoms. The molecule has 0 amide bonds. The molecule has 0 aliphatic rings. The maximum absolute atomic E-state index is 4.41. The molecule has 0 bridgehead atoms. The molecule has 0 radical (unpaired) electrons. The summed E-state index contributed by atoms with van der Waals surface area (Å²) in [5.41, 5.74) is 2.51. The summed E-state index contributed by atoms with van der Waals surface area (Å²) in [7, 11) is 0. The maximum atomic E-state index is 4.41. The number of benzene rings is 1. The van der Waals surface area contributed by atoms with E-state index in [9.17, 15) is 0 Å². The molecule has 0 aliphatic carbocycles. The van der Waals surface area contributed by atoms with Gasteiger partial charge in [-0.05, 0) is 33.0 Å². The number of fused-ring (bicyclic) bond motifs is 1. The van der Waals surface area contributed by atoms with Crippen molar-refractivity contribution in [2.24, 2.45) is 0 Å². The first-order valence-electron chi connectivity index (χ1n) is 5.04. The molecule has 0 atom stereocenters. The molecule has 1 nitrogen and oxygen atoms in total. The zero-order valence-corrected chi connectivity index (χ0v) is 10.8. The van der Waals surface area contributed by atoms with E-state index in [-0.39, 0.29) is 5.41 Å². The summed E-state index contributed by atoms with van der Waals surface area (Å²) in [6.07, 6.45) is 1.89. The van der Waals surface area contributed by atoms with E-state index in [1.807, 2.05) is 12.3 Å². The van der Waals surface area contributed by atoms with Crippen LogP contribution in [0.2, 0.25) is 0 Å². The van der Waals surface area contributed by atoms with Crippen LogP contribution >= 0.6 is 15.9 Å². The molecule has 0 unspecified atom stereocenters. The van der Waals surface area contributed by atoms with E-state index in [0.717, 1.165) is 9.99 Å². The summed E-state index contributed by atoms with van der Waals surface area (Å²) in [4.78, 5) is 4.41. The predicted molar refractivity (Wildman–Crippen MR) is 68.1 cm³/mol. The van der Waals surface area contributed by atoms with E-state index in [4.69, 9.17) is 0 Å². The number of pyridine rings is 1. The first-order valence-corrected chi connectivity index (χ1v) is 5.83. The third-order valence-corrected chi connectivity index (χ3v) is 3.08. The fourth-order valence-electron chi connectivity index (χ4n) is 1.88. The number of rotatable bonds is 0. The highest BCUT2D eigenvalue weighted by Gasteiger charge is 2.20. The van der Waals surface area contributed by atoms with E-state index in [2.05, 4.69) is 59.9 Å². The van der Waals surface area contributed by atoms with Gasteiger partial charge < -0.3 is 0 Å². The quantitative estimate of drug-likeness (QED) is 0.691. The van der Waals surface area contributed by atoms with Crippen LogP contribution in [-0.4, -0.2) is 4.98 Å². The van der Waals surface area contributed by atoms with Crippen molar-refractivity contribution in [1.82, 2.24) is 4.98 Å². The van der Waals surface area contributed by atoms with Gasteiger partial charge in [-0.1, -0.05) is 39.0 Å². The zero-order chi connectivity index (χ0) is 11.1. The van der Waals surface area contributed by atoms with Gasteiger partial charge in [0.2, 0.25) is 0 Å². The van der Waals surface area contributed by atoms with Crippen molar-refractivity contribution >= 4 is 26.8 Å². The van der Waals surface area contributed by atoms with Crippen LogP contribution in [0.3, 0.4) is 0 Å². The first-order chi connectivity index (χ1) is 7.00. The summed E-state index contributed by atoms with van der Waals surface area (Å²) in [6, 6.07) is 8.27. The van der Waals surface area contributed by atoms with Crippen LogP contribution in [0.1, 0.15) is 26.3 Å². The standard InChI is InChI=1S/C13H14BrN/c1-13(2,3)12-9-6-4-5-7-11(9)15-8-10(12)14/h4-8H,1-3H3. The molecule has 1 aromatic carbocycles. The minimum Gasteiger partial charge on any atom is -0.255 e. The molecule has 1 aromatic heterocycles. The van der Waals surface area contributed by atoms with Crippen molar-refractivity contribution in [2.45, 2.75) is 26.2 Å². The molecule has 0 saturated heterocycles. The molecular weight excluding hydrogens is 250 g/mol. The van der Waals surface area contributed by atoms with E-state index < -0.39 is 0 Å². The molecule has 0 aliphatic heterocycles. The third kappa shape index (κ3) is 1.91. The van der Waals surface area contributed by atoms with Gasteiger partial charge in [0.25, 0.3) is 0 Å². The van der Waals surface area contributed by atoms with Gasteiger partial charge in [-0.25, -0.2) is 0 Å². The number of hydrogen-bond donors (Lipinski definition) is 0. The molecule has 1 heterocycles. The lowest BCUT2D eigenvalue weighted by molar-refractivity contribution is 0.592. The molecule has 0 saturated carbocycles. The highest BCUT2D eigenvalue weighted by atomic mass is 79.9. The molecule has 2 rings (SSSR count). The van der Waals surface area contributed by atoms with Gasteiger partial charge in [0.05, 0.1) is 5.52 Å². The highest BCUT2D eigenvalue weighted by molar-refractivity contribution is 9.10. The van der Waals surface area contributed by atoms with Gasteiger partial charge >= 0.3 is 0 Å². The van der Waals surface area contributed by atoms with Crippen molar-refractivity contribution in [3.8, 4) is 0 Å². The monoisotopic (exact) mass is 263 g/mol. The first kappa shape index (κ1) is 10.6. The Labute approximate surface area is 98.7 Å². The summed E-state index contributed by atoms with van der Waals surface area (Å²) in [6.45, 7) is 6.67. The smallest absolute Gasteiger partial charge is 0.0705 e. The molecule has 15 heavy (non-hydrogen) atoms. The number of nitrogens with zero attached hydrogens (tertiary/aromatic N) is 1. The normalized spacial score (nSPS) is 12.0. The highest BCUT2D eigenvalue weighted by Crippen LogP contribution is 2.34. The van der Waals surface area contributed by atoms with Crippen molar-refractivity contribution in [1.29, 1.82) is 0 Å². The van der Waals surface area contributed by atoms with Crippen LogP contribution in [0.4, 0.5) is 0 Å². The van der Waals surface area contributed by atoms with Crippen molar-refractivity contribution in [2.75, 3.05) is 0 Å². The van der Waals surface area contributed by atoms with Gasteiger partial charge in [-0.15, -0.1) is 0 Å². The Morgan fingerprint density at radius 3 is 2.47 bits per heavy atom. The minimum absolute atomic E-state index is 0.126. The van der Waals surface area contributed by atoms with Crippen LogP contribution in [0.15, 0.2) is 34.9 Å². The largest absolute Gasteiger partial charge is 0.255 e. The van der Waals surface area contributed by atoms with Crippen molar-refractivity contribution in [3.05, 3.63) is 40.5 Å². The molecule has 78 valence electrons. The Bertz CT molecular complexity index is 497. The second-order valence-electron chi connectivity index (χ2n) is 4.75. The van der Waals surface area contributed by atoms with E-state index in [0.29, 0.717) is 0 Å². The lowest BCUT2D eigenvalue weighted by Crippen LogP contribution is -2.13. The summed E-state index contributed by atoms with van der Waals surface area (Å²) < 4.78 is 1.09. The van der Waals surface area contributed by atoms with Crippen LogP contribution < -0.4 is 0 Å². The maximum Gasteiger partial charge on any atom is 0.0705 e. The van der Waals surface area contributed by atoms with Crippen LogP contribution in [0, 0.1) is 0 Å². The van der Waals surface area contributed by atoms with E-state index in [1.165, 1.54) is 10.9 Å². The van der Waals surface area contributed by atoms with Gasteiger partial charge in [-0.2, -0.15) is 0 Å². The molecule has 0 fully saturated rings. The molecule has 0 N–H and O–H groups in total. The van der Waals surface area contributed by atoms with E-state index in [1.54, 1.807) is 0 Å². The van der Waals surface area contributed by atoms with Crippen LogP contribution in [0.5, 0.6) is 0 Å². The van der Waals surface area contributed by atoms with Crippen molar-refractivity contribution in [3.63, 3.8) is 0 Å². The Hall–Kier alpha value is -0.890. The minimum atomic E-state index is 0.126. The van der Waals surface area contributed by atoms with Crippen LogP contribution in [-0.2, 0) is 5.41 Å². The Kier molecular flexibility index (Phi) is 2.55. The predicted octanol–water partition coefficient (Wildman–Crippen LogP) is 4.29. The second-order valence-corrected chi connectivity index (χ2v) is 5.60. The van der Waals surface area contributed by atoms with Gasteiger partial charge in [0.15, 0.2) is 0 Å². The number of aromatic nitrogens is 1. The summed E-state index contributed by atoms with van der Waals surface area (Å²) in [5, 5.41) is 1.24. The Morgan fingerprint density at radius 2 is 1.80 bits per heavy atom. The molecule has 2 heteroatoms. The molecular formula is C13H14BrN. The Morgan fingerprint density at radius 1 is 1.13 bits per heavy atom. The average molecular weight is 264 g/mol. The lowest BCUT2D eigenvalue weighted by atomic mass is 9.85. The van der Waals surface area contributed by atoms with Gasteiger partial charge in [0.1, 0.15) is 0 Å². The van der Waals surface area contributed by atoms with Crippen molar-refractivity contribution < 1.29 is 0 Å². The van der Waals surface area contributed by atoms with Gasteiger partial charge in [-0.3, -0.25) is 4.98 Å². The second kappa shape index (κ2) is 3.60. The van der Waals surface area contributed by atoms with E-state index >= 15 is 0 Å². The number of hydrogen-bond acceptors (Lipinski definition) is 1. The fourth-order valence-corrected chi connectivity index (χ4v) is 2.79. The summed E-state index contributed by atoms with van der Waals surface area (Å²) in [5.74, 6) is 0. The third-order valence-electron chi connectivity index (χ3n) is 2.48. The topological polar surface area (TPSA) is 12.9 Å². The number of halogens is 1. The zero-order valence-electron chi connectivity index (χ0n) is 9.21. The fraction of sp³-hybridized carbons (Fsp3) is 0.308. The van der Waals surface area contributed by atoms with Crippen LogP contribution in [0.25, 0.3) is 10.9 Å². The summed E-state index contributed by atoms with van der Waals surface area (Å²) >= 11 is 3.59. The lowest BCUT2D eigenvalue weighted by Gasteiger charge is -2.22. The molecule has 2 aromatic rings. The Balaban J connectivity index is 2.86. The number of para-hydroxylation sites is 1. The van der Waals surface area contributed by atoms with Gasteiger partial charge in [0, 0.05) is 16.1 Å². The SMILES string of the molecule is CC(C)(C)c1c(Br)cnc2ccccc12. The average Bonchev–Trinajstić information content (AvgIpc) is 2.15.